The van der Waals surface area contributed by atoms with Crippen molar-refractivity contribution in [2.45, 2.75) is 25.9 Å². The van der Waals surface area contributed by atoms with E-state index in [-0.39, 0.29) is 17.9 Å². The summed E-state index contributed by atoms with van der Waals surface area (Å²) in [6, 6.07) is 15.1. The van der Waals surface area contributed by atoms with Gasteiger partial charge in [-0.05, 0) is 54.8 Å². The van der Waals surface area contributed by atoms with Crippen LogP contribution in [0, 0.1) is 0 Å². The second-order valence-corrected chi connectivity index (χ2v) is 8.47. The van der Waals surface area contributed by atoms with Gasteiger partial charge < -0.3 is 21.3 Å². The van der Waals surface area contributed by atoms with E-state index in [0.717, 1.165) is 17.1 Å². The van der Waals surface area contributed by atoms with E-state index < -0.39 is 0 Å². The number of amides is 2. The second kappa shape index (κ2) is 9.36. The molecule has 2 aromatic carbocycles. The second-order valence-electron chi connectivity index (χ2n) is 8.47. The number of dihydropyridines is 1. The first kappa shape index (κ1) is 21.7. The first-order valence-corrected chi connectivity index (χ1v) is 11.2. The molecule has 34 heavy (non-hydrogen) atoms. The lowest BCUT2D eigenvalue weighted by Gasteiger charge is -2.25. The summed E-state index contributed by atoms with van der Waals surface area (Å²) in [4.78, 5) is 25.5. The fourth-order valence-electron chi connectivity index (χ4n) is 4.07. The van der Waals surface area contributed by atoms with Gasteiger partial charge in [-0.1, -0.05) is 30.3 Å². The van der Waals surface area contributed by atoms with Crippen LogP contribution in [0.15, 0.2) is 84.5 Å². The zero-order chi connectivity index (χ0) is 23.5. The molecular formula is C26H26N6O2. The van der Waals surface area contributed by atoms with Gasteiger partial charge in [0.15, 0.2) is 0 Å². The van der Waals surface area contributed by atoms with Crippen molar-refractivity contribution in [3.05, 3.63) is 101 Å². The maximum atomic E-state index is 12.8. The highest BCUT2D eigenvalue weighted by Gasteiger charge is 2.24. The van der Waals surface area contributed by atoms with Gasteiger partial charge in [-0.2, -0.15) is 5.10 Å². The van der Waals surface area contributed by atoms with Crippen molar-refractivity contribution in [2.75, 3.05) is 11.9 Å². The lowest BCUT2D eigenvalue weighted by molar-refractivity contribution is -0.118. The minimum Gasteiger partial charge on any atom is -0.383 e. The van der Waals surface area contributed by atoms with Crippen molar-refractivity contribution >= 4 is 17.5 Å². The number of allylic oxidation sites excluding steroid dienone is 3. The van der Waals surface area contributed by atoms with Gasteiger partial charge in [0.25, 0.3) is 5.91 Å². The normalized spacial score (nSPS) is 17.0. The predicted octanol–water partition coefficient (Wildman–Crippen LogP) is 2.65. The molecule has 8 heteroatoms. The van der Waals surface area contributed by atoms with Crippen LogP contribution < -0.4 is 21.3 Å². The van der Waals surface area contributed by atoms with Crippen molar-refractivity contribution in [3.63, 3.8) is 0 Å². The minimum atomic E-state index is -0.299. The summed E-state index contributed by atoms with van der Waals surface area (Å²) in [5.74, 6) is -0.284. The number of nitrogens with one attached hydrogen (secondary N) is 4. The van der Waals surface area contributed by atoms with Crippen LogP contribution in [0.25, 0.3) is 5.69 Å². The summed E-state index contributed by atoms with van der Waals surface area (Å²) in [5.41, 5.74) is 6.14. The zero-order valence-corrected chi connectivity index (χ0v) is 18.8. The average molecular weight is 455 g/mol. The standard InChI is InChI=1S/C26H26N6O2/c1-17-9-10-21(14-27-17)30-25(33)19-7-4-8-23(11-19)32-16-22(15-29-32)31-26(34)24-12-18-5-2-3-6-20(18)13-28-24/h2-11,15-16,24,27-28H,12-14H2,1H3,(H,30,33)(H,31,34). The van der Waals surface area contributed by atoms with E-state index in [4.69, 9.17) is 0 Å². The quantitative estimate of drug-likeness (QED) is 0.475. The topological polar surface area (TPSA) is 100 Å². The summed E-state index contributed by atoms with van der Waals surface area (Å²) >= 11 is 0. The largest absolute Gasteiger partial charge is 0.383 e. The first-order chi connectivity index (χ1) is 16.5. The molecule has 4 N–H and O–H groups in total. The SMILES string of the molecule is CC1=CC=C(NC(=O)c2cccc(-n3cc(NC(=O)C4Cc5ccccc5CN4)cn3)c2)CN1. The molecule has 0 aliphatic carbocycles. The lowest BCUT2D eigenvalue weighted by Crippen LogP contribution is -2.44. The van der Waals surface area contributed by atoms with E-state index in [1.165, 1.54) is 11.1 Å². The summed E-state index contributed by atoms with van der Waals surface area (Å²) in [5, 5.41) is 16.7. The molecule has 1 atom stereocenters. The van der Waals surface area contributed by atoms with E-state index in [1.54, 1.807) is 29.2 Å². The van der Waals surface area contributed by atoms with E-state index in [1.807, 2.05) is 43.3 Å². The third-order valence-electron chi connectivity index (χ3n) is 5.99. The molecule has 0 fully saturated rings. The number of aromatic nitrogens is 2. The zero-order valence-electron chi connectivity index (χ0n) is 18.8. The average Bonchev–Trinajstić information content (AvgIpc) is 3.33. The molecule has 5 rings (SSSR count). The Morgan fingerprint density at radius 1 is 1.03 bits per heavy atom. The highest BCUT2D eigenvalue weighted by molar-refractivity contribution is 5.96. The molecule has 1 unspecified atom stereocenters. The fraction of sp³-hybridized carbons (Fsp3) is 0.192. The Bertz CT molecular complexity index is 1310. The molecule has 3 heterocycles. The molecule has 2 amide bonds. The monoisotopic (exact) mass is 454 g/mol. The van der Waals surface area contributed by atoms with Gasteiger partial charge in [-0.15, -0.1) is 0 Å². The van der Waals surface area contributed by atoms with Crippen LogP contribution in [0.2, 0.25) is 0 Å². The summed E-state index contributed by atoms with van der Waals surface area (Å²) in [6.07, 6.45) is 7.82. The third-order valence-corrected chi connectivity index (χ3v) is 5.99. The molecule has 2 aliphatic rings. The minimum absolute atomic E-state index is 0.0964. The van der Waals surface area contributed by atoms with Gasteiger partial charge in [0.2, 0.25) is 5.91 Å². The Morgan fingerprint density at radius 3 is 2.71 bits per heavy atom. The maximum Gasteiger partial charge on any atom is 0.255 e. The van der Waals surface area contributed by atoms with Gasteiger partial charge >= 0.3 is 0 Å². The highest BCUT2D eigenvalue weighted by atomic mass is 16.2. The number of fused-ring (bicyclic) bond motifs is 1. The molecule has 1 aromatic heterocycles. The number of benzene rings is 2. The molecule has 8 nitrogen and oxygen atoms in total. The Kier molecular flexibility index (Phi) is 5.97. The van der Waals surface area contributed by atoms with Crippen molar-refractivity contribution in [2.24, 2.45) is 0 Å². The van der Waals surface area contributed by atoms with Gasteiger partial charge in [0.05, 0.1) is 36.4 Å². The van der Waals surface area contributed by atoms with Crippen molar-refractivity contribution in [1.82, 2.24) is 25.7 Å². The molecular weight excluding hydrogens is 428 g/mol. The summed E-state index contributed by atoms with van der Waals surface area (Å²) < 4.78 is 1.64. The van der Waals surface area contributed by atoms with Crippen molar-refractivity contribution < 1.29 is 9.59 Å². The highest BCUT2D eigenvalue weighted by Crippen LogP contribution is 2.18. The van der Waals surface area contributed by atoms with E-state index in [9.17, 15) is 9.59 Å². The van der Waals surface area contributed by atoms with Crippen LogP contribution in [0.4, 0.5) is 5.69 Å². The molecule has 0 saturated heterocycles. The molecule has 3 aromatic rings. The van der Waals surface area contributed by atoms with Crippen molar-refractivity contribution in [1.29, 1.82) is 0 Å². The van der Waals surface area contributed by atoms with Gasteiger partial charge in [0, 0.05) is 23.5 Å². The lowest BCUT2D eigenvalue weighted by atomic mass is 9.95. The van der Waals surface area contributed by atoms with Gasteiger partial charge in [0.1, 0.15) is 0 Å². The molecule has 172 valence electrons. The van der Waals surface area contributed by atoms with Crippen LogP contribution in [0.3, 0.4) is 0 Å². The third kappa shape index (κ3) is 4.77. The molecule has 0 spiro atoms. The van der Waals surface area contributed by atoms with E-state index in [2.05, 4.69) is 38.5 Å². The first-order valence-electron chi connectivity index (χ1n) is 11.2. The Labute approximate surface area is 197 Å². The maximum absolute atomic E-state index is 12.8. The van der Waals surface area contributed by atoms with E-state index in [0.29, 0.717) is 30.8 Å². The summed E-state index contributed by atoms with van der Waals surface area (Å²) in [7, 11) is 0. The predicted molar refractivity (Wildman–Crippen MR) is 130 cm³/mol. The van der Waals surface area contributed by atoms with Crippen molar-refractivity contribution in [3.8, 4) is 5.69 Å². The van der Waals surface area contributed by atoms with E-state index >= 15 is 0 Å². The molecule has 0 bridgehead atoms. The number of hydrogen-bond donors (Lipinski definition) is 4. The number of carbonyl (C=O) groups excluding carboxylic acids is 2. The number of carbonyl (C=O) groups is 2. The van der Waals surface area contributed by atoms with Gasteiger partial charge in [-0.25, -0.2) is 4.68 Å². The van der Waals surface area contributed by atoms with Gasteiger partial charge in [-0.3, -0.25) is 9.59 Å². The van der Waals surface area contributed by atoms with Crippen LogP contribution in [-0.4, -0.2) is 34.2 Å². The number of nitrogens with zero attached hydrogens (tertiary/aromatic N) is 2. The number of anilines is 1. The van der Waals surface area contributed by atoms with Crippen LogP contribution >= 0.6 is 0 Å². The fourth-order valence-corrected chi connectivity index (χ4v) is 4.07. The molecule has 0 saturated carbocycles. The van der Waals surface area contributed by atoms with Crippen LogP contribution in [0.1, 0.15) is 28.4 Å². The Hall–Kier alpha value is -4.17. The number of hydrogen-bond acceptors (Lipinski definition) is 5. The van der Waals surface area contributed by atoms with Crippen LogP contribution in [-0.2, 0) is 17.8 Å². The van der Waals surface area contributed by atoms with Crippen LogP contribution in [0.5, 0.6) is 0 Å². The smallest absolute Gasteiger partial charge is 0.255 e. The number of rotatable bonds is 5. The summed E-state index contributed by atoms with van der Waals surface area (Å²) in [6.45, 7) is 3.23. The Balaban J connectivity index is 1.24. The molecule has 2 aliphatic heterocycles. The Morgan fingerprint density at radius 2 is 1.88 bits per heavy atom. The molecule has 0 radical (unpaired) electrons.